The topological polar surface area (TPSA) is 49.7 Å². The van der Waals surface area contributed by atoms with Gasteiger partial charge in [0.25, 0.3) is 0 Å². The van der Waals surface area contributed by atoms with Gasteiger partial charge >= 0.3 is 6.72 Å². The third kappa shape index (κ3) is 3.65. The average Bonchev–Trinajstić information content (AvgIpc) is 2.19. The van der Waals surface area contributed by atoms with E-state index >= 15 is 0 Å². The van der Waals surface area contributed by atoms with Crippen LogP contribution in [0.5, 0.6) is 5.75 Å². The molecule has 0 atom stereocenters. The van der Waals surface area contributed by atoms with Crippen LogP contribution in [0.25, 0.3) is 0 Å². The Morgan fingerprint density at radius 3 is 2.13 bits per heavy atom. The lowest BCUT2D eigenvalue weighted by Gasteiger charge is -2.19. The zero-order valence-corrected chi connectivity index (χ0v) is 10.7. The van der Waals surface area contributed by atoms with Crippen molar-refractivity contribution in [1.29, 1.82) is 0 Å². The lowest BCUT2D eigenvalue weighted by molar-refractivity contribution is 0.370. The molecule has 86 valence electrons. The molecule has 0 amide bonds. The van der Waals surface area contributed by atoms with Gasteiger partial charge < -0.3 is 14.3 Å². The maximum atomic E-state index is 9.88. The van der Waals surface area contributed by atoms with E-state index in [9.17, 15) is 9.79 Å². The first-order chi connectivity index (χ1) is 7.10. The van der Waals surface area contributed by atoms with Gasteiger partial charge in [0, 0.05) is 0 Å². The van der Waals surface area contributed by atoms with E-state index in [2.05, 4.69) is 0 Å². The van der Waals surface area contributed by atoms with E-state index < -0.39 is 16.8 Å². The van der Waals surface area contributed by atoms with E-state index in [0.29, 0.717) is 5.75 Å². The standard InChI is InChI=1S/C10H17O3PS/c1-3-15(4-2)14(11,12)13-10-8-6-5-7-9-10/h5-9,11-12H,3-4H2,1-2H3. The van der Waals surface area contributed by atoms with Crippen molar-refractivity contribution in [2.75, 3.05) is 11.5 Å². The van der Waals surface area contributed by atoms with Crippen molar-refractivity contribution in [2.45, 2.75) is 13.8 Å². The smallest absolute Gasteiger partial charge is 0.332 e. The highest BCUT2D eigenvalue weighted by Crippen LogP contribution is 2.43. The first kappa shape index (κ1) is 12.8. The third-order valence-corrected chi connectivity index (χ3v) is 8.22. The van der Waals surface area contributed by atoms with E-state index in [4.69, 9.17) is 4.52 Å². The maximum Gasteiger partial charge on any atom is 0.332 e. The van der Waals surface area contributed by atoms with Crippen LogP contribution in [0.15, 0.2) is 30.3 Å². The lowest BCUT2D eigenvalue weighted by atomic mass is 10.3. The van der Waals surface area contributed by atoms with Crippen molar-refractivity contribution in [3.63, 3.8) is 0 Å². The summed E-state index contributed by atoms with van der Waals surface area (Å²) in [5.74, 6) is 2.00. The minimum absolute atomic E-state index is 0.449. The monoisotopic (exact) mass is 248 g/mol. The van der Waals surface area contributed by atoms with E-state index in [1.54, 1.807) is 12.1 Å². The van der Waals surface area contributed by atoms with Gasteiger partial charge in [-0.1, -0.05) is 32.0 Å². The Morgan fingerprint density at radius 2 is 1.67 bits per heavy atom. The molecule has 15 heavy (non-hydrogen) atoms. The van der Waals surface area contributed by atoms with E-state index in [0.717, 1.165) is 11.5 Å². The molecular weight excluding hydrogens is 231 g/mol. The van der Waals surface area contributed by atoms with Gasteiger partial charge in [-0.25, -0.2) is 0 Å². The summed E-state index contributed by atoms with van der Waals surface area (Å²) < 4.78 is 5.28. The van der Waals surface area contributed by atoms with Gasteiger partial charge in [0.05, 0.1) is 0 Å². The fraction of sp³-hybridized carbons (Fsp3) is 0.400. The van der Waals surface area contributed by atoms with Gasteiger partial charge in [-0.15, -0.1) is 10.1 Å². The zero-order chi connectivity index (χ0) is 11.3. The second-order valence-electron chi connectivity index (χ2n) is 2.93. The van der Waals surface area contributed by atoms with Crippen molar-refractivity contribution >= 4 is 16.8 Å². The number of hydrogen-bond donors (Lipinski definition) is 2. The summed E-state index contributed by atoms with van der Waals surface area (Å²) in [6.07, 6.45) is 0. The highest BCUT2D eigenvalue weighted by Gasteiger charge is 2.16. The molecule has 0 unspecified atom stereocenters. The number of rotatable bonds is 4. The summed E-state index contributed by atoms with van der Waals surface area (Å²) in [6, 6.07) is 8.94. The normalized spacial score (nSPS) is 11.8. The van der Waals surface area contributed by atoms with E-state index in [1.807, 2.05) is 32.0 Å². The summed E-state index contributed by atoms with van der Waals surface area (Å²) in [5, 5.41) is 0. The van der Waals surface area contributed by atoms with E-state index in [1.165, 1.54) is 0 Å². The summed E-state index contributed by atoms with van der Waals surface area (Å²) in [5.41, 5.74) is 0. The fourth-order valence-corrected chi connectivity index (χ4v) is 5.39. The number of hydrogen-bond acceptors (Lipinski definition) is 1. The van der Waals surface area contributed by atoms with Gasteiger partial charge in [-0.3, -0.25) is 0 Å². The van der Waals surface area contributed by atoms with Crippen LogP contribution >= 0.6 is 6.72 Å². The summed E-state index contributed by atoms with van der Waals surface area (Å²) in [7, 11) is -0.449. The molecule has 0 aliphatic carbocycles. The van der Waals surface area contributed by atoms with Crippen molar-refractivity contribution < 1.29 is 14.3 Å². The molecule has 5 heteroatoms. The molecule has 2 N–H and O–H groups in total. The maximum absolute atomic E-state index is 9.88. The molecule has 0 aromatic heterocycles. The Bertz CT molecular complexity index is 352. The summed E-state index contributed by atoms with van der Waals surface area (Å²) >= 11 is 0. The van der Waals surface area contributed by atoms with Gasteiger partial charge in [0.1, 0.15) is 5.75 Å². The third-order valence-electron chi connectivity index (χ3n) is 1.97. The van der Waals surface area contributed by atoms with Gasteiger partial charge in [-0.2, -0.15) is 0 Å². The SMILES string of the molecule is CCS(CC)=P(O)(O)Oc1ccccc1. The molecule has 0 aliphatic rings. The minimum atomic E-state index is -3.25. The van der Waals surface area contributed by atoms with Gasteiger partial charge in [0.15, 0.2) is 0 Å². The molecule has 0 saturated carbocycles. The lowest BCUT2D eigenvalue weighted by Crippen LogP contribution is -2.04. The Balaban J connectivity index is 2.94. The van der Waals surface area contributed by atoms with Crippen LogP contribution in [-0.4, -0.2) is 21.3 Å². The Morgan fingerprint density at radius 1 is 1.13 bits per heavy atom. The van der Waals surface area contributed by atoms with Gasteiger partial charge in [0.2, 0.25) is 0 Å². The average molecular weight is 248 g/mol. The Hall–Kier alpha value is -0.280. The van der Waals surface area contributed by atoms with E-state index in [-0.39, 0.29) is 0 Å². The zero-order valence-electron chi connectivity index (χ0n) is 8.96. The predicted octanol–water partition coefficient (Wildman–Crippen LogP) is 2.39. The van der Waals surface area contributed by atoms with Gasteiger partial charge in [-0.05, 0) is 23.6 Å². The molecule has 0 heterocycles. The molecular formula is C10H17O3PS. The molecule has 1 aromatic rings. The fourth-order valence-electron chi connectivity index (χ4n) is 1.21. The highest BCUT2D eigenvalue weighted by atomic mass is 32.5. The van der Waals surface area contributed by atoms with Crippen LogP contribution in [0.2, 0.25) is 0 Å². The molecule has 0 bridgehead atoms. The molecule has 0 spiro atoms. The van der Waals surface area contributed by atoms with Crippen LogP contribution in [0.4, 0.5) is 0 Å². The largest absolute Gasteiger partial charge is 0.428 e. The number of benzene rings is 1. The molecule has 1 rings (SSSR count). The predicted molar refractivity (Wildman–Crippen MR) is 66.9 cm³/mol. The van der Waals surface area contributed by atoms with Crippen molar-refractivity contribution in [1.82, 2.24) is 0 Å². The molecule has 1 aromatic carbocycles. The van der Waals surface area contributed by atoms with Crippen LogP contribution in [0, 0.1) is 0 Å². The van der Waals surface area contributed by atoms with Crippen LogP contribution in [-0.2, 0) is 10.1 Å². The minimum Gasteiger partial charge on any atom is -0.428 e. The van der Waals surface area contributed by atoms with Crippen LogP contribution < -0.4 is 4.52 Å². The second-order valence-corrected chi connectivity index (χ2v) is 9.15. The first-order valence-corrected chi connectivity index (χ1v) is 8.65. The second kappa shape index (κ2) is 5.71. The molecule has 0 radical (unpaired) electrons. The number of para-hydroxylation sites is 1. The first-order valence-electron chi connectivity index (χ1n) is 4.87. The Labute approximate surface area is 92.9 Å². The molecule has 0 aliphatic heterocycles. The summed E-state index contributed by atoms with van der Waals surface area (Å²) in [4.78, 5) is 19.8. The van der Waals surface area contributed by atoms with Crippen LogP contribution in [0.3, 0.4) is 0 Å². The quantitative estimate of drug-likeness (QED) is 0.804. The van der Waals surface area contributed by atoms with Crippen molar-refractivity contribution in [3.05, 3.63) is 30.3 Å². The van der Waals surface area contributed by atoms with Crippen LogP contribution in [0.1, 0.15) is 13.8 Å². The summed E-state index contributed by atoms with van der Waals surface area (Å²) in [6.45, 7) is 0.646. The van der Waals surface area contributed by atoms with Crippen molar-refractivity contribution in [3.8, 4) is 5.75 Å². The van der Waals surface area contributed by atoms with Crippen molar-refractivity contribution in [2.24, 2.45) is 0 Å². The highest BCUT2D eigenvalue weighted by molar-refractivity contribution is 8.27. The molecule has 0 fully saturated rings. The Kier molecular flexibility index (Phi) is 4.87. The molecule has 3 nitrogen and oxygen atoms in total. The molecule has 0 saturated heterocycles.